The topological polar surface area (TPSA) is 52.6 Å². The maximum Gasteiger partial charge on any atom is 0.198 e. The molecular formula is C28H18O4S. The van der Waals surface area contributed by atoms with Crippen molar-refractivity contribution >= 4 is 28.9 Å². The van der Waals surface area contributed by atoms with Crippen molar-refractivity contribution in [2.45, 2.75) is 18.7 Å². The van der Waals surface area contributed by atoms with Gasteiger partial charge in [0.25, 0.3) is 0 Å². The number of allylic oxidation sites excluding steroid dienone is 8. The van der Waals surface area contributed by atoms with Gasteiger partial charge < -0.3 is 9.47 Å². The van der Waals surface area contributed by atoms with Crippen LogP contribution < -0.4 is 4.74 Å². The number of fused-ring (bicyclic) bond motifs is 2. The number of terminal acetylenes is 1. The lowest BCUT2D eigenvalue weighted by Gasteiger charge is -2.19. The number of thioether (sulfide) groups is 1. The van der Waals surface area contributed by atoms with E-state index in [1.54, 1.807) is 55.1 Å². The van der Waals surface area contributed by atoms with Crippen LogP contribution in [0, 0.1) is 12.5 Å². The Kier molecular flexibility index (Phi) is 5.16. The fraction of sp³-hybridized carbons (Fsp3) is 0.0714. The Morgan fingerprint density at radius 2 is 1.70 bits per heavy atom. The van der Waals surface area contributed by atoms with Gasteiger partial charge in [-0.05, 0) is 73.1 Å². The molecule has 5 rings (SSSR count). The molecule has 2 heterocycles. The molecule has 0 aromatic heterocycles. The number of Topliss-reactive ketones (excluding diaryl/α,β-unsaturated/α-hetero) is 2. The zero-order valence-corrected chi connectivity index (χ0v) is 18.8. The first kappa shape index (κ1) is 20.9. The molecule has 0 bridgehead atoms. The molecule has 0 N–H and O–H groups in total. The summed E-state index contributed by atoms with van der Waals surface area (Å²) in [4.78, 5) is 27.9. The Balaban J connectivity index is 1.53. The Labute approximate surface area is 196 Å². The fourth-order valence-corrected chi connectivity index (χ4v) is 5.27. The van der Waals surface area contributed by atoms with Gasteiger partial charge in [-0.25, -0.2) is 0 Å². The number of ether oxygens (including phenoxy) is 2. The van der Waals surface area contributed by atoms with Gasteiger partial charge in [0.1, 0.15) is 23.4 Å². The molecule has 33 heavy (non-hydrogen) atoms. The second-order valence-electron chi connectivity index (χ2n) is 7.79. The highest BCUT2D eigenvalue weighted by Gasteiger charge is 2.35. The van der Waals surface area contributed by atoms with Gasteiger partial charge in [0.2, 0.25) is 0 Å². The minimum absolute atomic E-state index is 0.180. The highest BCUT2D eigenvalue weighted by atomic mass is 32.2. The van der Waals surface area contributed by atoms with E-state index in [0.29, 0.717) is 34.0 Å². The molecule has 0 atom stereocenters. The Morgan fingerprint density at radius 3 is 2.39 bits per heavy atom. The van der Waals surface area contributed by atoms with Crippen LogP contribution in [0.4, 0.5) is 0 Å². The predicted octanol–water partition coefficient (Wildman–Crippen LogP) is 6.24. The lowest BCUT2D eigenvalue weighted by atomic mass is 10.0. The van der Waals surface area contributed by atoms with Crippen LogP contribution in [0.5, 0.6) is 5.75 Å². The molecule has 1 aliphatic carbocycles. The van der Waals surface area contributed by atoms with Crippen LogP contribution in [0.3, 0.4) is 0 Å². The van der Waals surface area contributed by atoms with Gasteiger partial charge in [-0.1, -0.05) is 42.5 Å². The summed E-state index contributed by atoms with van der Waals surface area (Å²) < 4.78 is 11.1. The summed E-state index contributed by atoms with van der Waals surface area (Å²) in [6, 6.07) is 12.6. The van der Waals surface area contributed by atoms with E-state index in [-0.39, 0.29) is 17.1 Å². The van der Waals surface area contributed by atoms with Gasteiger partial charge >= 0.3 is 0 Å². The zero-order valence-electron chi connectivity index (χ0n) is 18.0. The van der Waals surface area contributed by atoms with Crippen LogP contribution in [-0.4, -0.2) is 11.6 Å². The SMILES string of the molecule is C#COc1ccc2c(c1)S/C(=C/C1=CC(=C3C(=O)c4ccccc4C3=O)C=C(C)O1)C=C2C. The summed E-state index contributed by atoms with van der Waals surface area (Å²) in [6.45, 7) is 3.84. The van der Waals surface area contributed by atoms with E-state index < -0.39 is 0 Å². The van der Waals surface area contributed by atoms with Crippen LogP contribution in [0.2, 0.25) is 0 Å². The van der Waals surface area contributed by atoms with Crippen molar-refractivity contribution in [3.05, 3.63) is 111 Å². The van der Waals surface area contributed by atoms with Gasteiger partial charge in [-0.3, -0.25) is 9.59 Å². The van der Waals surface area contributed by atoms with E-state index in [1.807, 2.05) is 31.2 Å². The first-order valence-electron chi connectivity index (χ1n) is 10.3. The third-order valence-electron chi connectivity index (χ3n) is 5.52. The minimum atomic E-state index is -0.252. The van der Waals surface area contributed by atoms with Crippen LogP contribution in [0.25, 0.3) is 5.57 Å². The summed E-state index contributed by atoms with van der Waals surface area (Å²) >= 11 is 1.57. The molecule has 2 aliphatic heterocycles. The molecule has 0 unspecified atom stereocenters. The predicted molar refractivity (Wildman–Crippen MR) is 129 cm³/mol. The smallest absolute Gasteiger partial charge is 0.198 e. The van der Waals surface area contributed by atoms with Crippen molar-refractivity contribution in [2.75, 3.05) is 0 Å². The summed E-state index contributed by atoms with van der Waals surface area (Å²) in [6.07, 6.45) is 14.9. The zero-order chi connectivity index (χ0) is 23.1. The van der Waals surface area contributed by atoms with Crippen molar-refractivity contribution in [2.24, 2.45) is 0 Å². The fourth-order valence-electron chi connectivity index (χ4n) is 4.09. The Bertz CT molecular complexity index is 1400. The second kappa shape index (κ2) is 8.16. The van der Waals surface area contributed by atoms with E-state index in [4.69, 9.17) is 15.9 Å². The van der Waals surface area contributed by atoms with Gasteiger partial charge in [-0.15, -0.1) is 0 Å². The molecule has 0 spiro atoms. The summed E-state index contributed by atoms with van der Waals surface area (Å²) in [7, 11) is 0. The van der Waals surface area contributed by atoms with Gasteiger partial charge in [0.05, 0.1) is 5.57 Å². The molecule has 2 aromatic carbocycles. The normalized spacial score (nSPS) is 18.1. The molecule has 0 saturated heterocycles. The van der Waals surface area contributed by atoms with Crippen LogP contribution in [0.1, 0.15) is 40.1 Å². The standard InChI is InChI=1S/C28H18O4S/c1-4-31-19-9-10-22-16(2)11-21(33-25(22)15-19)14-20-13-18(12-17(3)32-20)26-27(29)23-7-5-6-8-24(23)28(26)30/h1,5-15H,2-3H3/b21-14+. The van der Waals surface area contributed by atoms with Crippen LogP contribution >= 0.6 is 11.8 Å². The first-order valence-corrected chi connectivity index (χ1v) is 11.1. The number of ketones is 2. The van der Waals surface area contributed by atoms with Crippen molar-refractivity contribution in [1.82, 2.24) is 0 Å². The lowest BCUT2D eigenvalue weighted by molar-refractivity contribution is 0.0988. The molecule has 0 radical (unpaired) electrons. The van der Waals surface area contributed by atoms with Crippen LogP contribution in [0.15, 0.2) is 99.2 Å². The summed E-state index contributed by atoms with van der Waals surface area (Å²) in [5, 5.41) is 0. The number of carbonyl (C=O) groups is 2. The molecule has 5 heteroatoms. The highest BCUT2D eigenvalue weighted by Crippen LogP contribution is 2.42. The van der Waals surface area contributed by atoms with E-state index in [1.165, 1.54) is 0 Å². The van der Waals surface area contributed by atoms with E-state index in [2.05, 4.69) is 12.2 Å². The molecule has 0 saturated carbocycles. The molecule has 0 fully saturated rings. The van der Waals surface area contributed by atoms with Crippen molar-refractivity contribution in [3.8, 4) is 18.3 Å². The average molecular weight is 451 g/mol. The molecule has 3 aliphatic rings. The summed E-state index contributed by atoms with van der Waals surface area (Å²) in [5.74, 6) is 1.26. The van der Waals surface area contributed by atoms with Crippen molar-refractivity contribution in [1.29, 1.82) is 0 Å². The van der Waals surface area contributed by atoms with Crippen molar-refractivity contribution in [3.63, 3.8) is 0 Å². The number of benzene rings is 2. The third-order valence-corrected chi connectivity index (χ3v) is 6.55. The van der Waals surface area contributed by atoms with E-state index in [0.717, 1.165) is 20.9 Å². The molecule has 2 aromatic rings. The third kappa shape index (κ3) is 3.75. The second-order valence-corrected chi connectivity index (χ2v) is 8.91. The number of hydrogen-bond donors (Lipinski definition) is 0. The minimum Gasteiger partial charge on any atom is -0.462 e. The van der Waals surface area contributed by atoms with Crippen molar-refractivity contribution < 1.29 is 19.1 Å². The lowest BCUT2D eigenvalue weighted by Crippen LogP contribution is -2.07. The first-order chi connectivity index (χ1) is 15.9. The Morgan fingerprint density at radius 1 is 0.970 bits per heavy atom. The maximum absolute atomic E-state index is 12.9. The van der Waals surface area contributed by atoms with Gasteiger partial charge in [-0.2, -0.15) is 0 Å². The van der Waals surface area contributed by atoms with Gasteiger partial charge in [0, 0.05) is 20.9 Å². The van der Waals surface area contributed by atoms with Crippen LogP contribution in [-0.2, 0) is 4.74 Å². The summed E-state index contributed by atoms with van der Waals surface area (Å²) in [5.41, 5.74) is 3.83. The highest BCUT2D eigenvalue weighted by molar-refractivity contribution is 8.03. The largest absolute Gasteiger partial charge is 0.462 e. The maximum atomic E-state index is 12.9. The number of hydrogen-bond acceptors (Lipinski definition) is 5. The van der Waals surface area contributed by atoms with E-state index >= 15 is 0 Å². The quantitative estimate of drug-likeness (QED) is 0.308. The number of carbonyl (C=O) groups excluding carboxylic acids is 2. The monoisotopic (exact) mass is 450 g/mol. The average Bonchev–Trinajstić information content (AvgIpc) is 3.04. The Hall–Kier alpha value is -4.01. The molecule has 160 valence electrons. The van der Waals surface area contributed by atoms with Gasteiger partial charge in [0.15, 0.2) is 11.6 Å². The molecule has 4 nitrogen and oxygen atoms in total. The molecule has 0 amide bonds. The molecular weight excluding hydrogens is 432 g/mol. The number of rotatable bonds is 2. The van der Waals surface area contributed by atoms with E-state index in [9.17, 15) is 9.59 Å².